The molecule has 0 spiro atoms. The van der Waals surface area contributed by atoms with Gasteiger partial charge < -0.3 is 4.74 Å². The van der Waals surface area contributed by atoms with Crippen LogP contribution in [0.4, 0.5) is 4.39 Å². The minimum Gasteiger partial charge on any atom is -0.462 e. The van der Waals surface area contributed by atoms with Crippen molar-refractivity contribution in [1.29, 1.82) is 5.26 Å². The first-order valence-corrected chi connectivity index (χ1v) is 6.04. The minimum absolute atomic E-state index is 0.0737. The van der Waals surface area contributed by atoms with Crippen molar-refractivity contribution in [3.8, 4) is 6.07 Å². The van der Waals surface area contributed by atoms with E-state index in [9.17, 15) is 9.18 Å². The molecule has 0 N–H and O–H groups in total. The van der Waals surface area contributed by atoms with Gasteiger partial charge >= 0.3 is 5.97 Å². The zero-order chi connectivity index (χ0) is 13.7. The second-order valence-corrected chi connectivity index (χ2v) is 4.32. The van der Waals surface area contributed by atoms with E-state index in [1.807, 2.05) is 6.07 Å². The van der Waals surface area contributed by atoms with E-state index in [0.717, 1.165) is 0 Å². The Morgan fingerprint density at radius 1 is 1.56 bits per heavy atom. The van der Waals surface area contributed by atoms with Gasteiger partial charge in [0.05, 0.1) is 11.1 Å². The first-order chi connectivity index (χ1) is 8.51. The van der Waals surface area contributed by atoms with Gasteiger partial charge in [-0.3, -0.25) is 0 Å². The topological polar surface area (TPSA) is 50.1 Å². The van der Waals surface area contributed by atoms with Crippen molar-refractivity contribution in [3.63, 3.8) is 0 Å². The average Bonchev–Trinajstić information content (AvgIpc) is 2.33. The van der Waals surface area contributed by atoms with Crippen LogP contribution in [0.5, 0.6) is 0 Å². The van der Waals surface area contributed by atoms with Gasteiger partial charge in [0.25, 0.3) is 0 Å². The number of ether oxygens (including phenoxy) is 1. The van der Waals surface area contributed by atoms with Crippen molar-refractivity contribution < 1.29 is 13.9 Å². The highest BCUT2D eigenvalue weighted by molar-refractivity contribution is 9.10. The monoisotopic (exact) mass is 311 g/mol. The lowest BCUT2D eigenvalue weighted by atomic mass is 10.0. The zero-order valence-electron chi connectivity index (χ0n) is 9.96. The van der Waals surface area contributed by atoms with Crippen LogP contribution in [0.3, 0.4) is 0 Å². The Labute approximate surface area is 113 Å². The summed E-state index contributed by atoms with van der Waals surface area (Å²) in [5.41, 5.74) is 0.972. The molecule has 0 bridgehead atoms. The fraction of sp³-hybridized carbons (Fsp3) is 0.231. The van der Waals surface area contributed by atoms with E-state index in [2.05, 4.69) is 15.9 Å². The van der Waals surface area contributed by atoms with Crippen molar-refractivity contribution in [1.82, 2.24) is 0 Å². The molecular formula is C13H11BrFNO2. The number of carbonyl (C=O) groups excluding carboxylic acids is 1. The van der Waals surface area contributed by atoms with Gasteiger partial charge in [-0.1, -0.05) is 6.07 Å². The Hall–Kier alpha value is -1.67. The molecule has 1 aromatic rings. The second kappa shape index (κ2) is 6.31. The van der Waals surface area contributed by atoms with Gasteiger partial charge in [-0.15, -0.1) is 0 Å². The van der Waals surface area contributed by atoms with Gasteiger partial charge in [0, 0.05) is 0 Å². The van der Waals surface area contributed by atoms with Crippen molar-refractivity contribution in [2.75, 3.05) is 6.61 Å². The summed E-state index contributed by atoms with van der Waals surface area (Å²) in [7, 11) is 0. The normalized spacial score (nSPS) is 11.5. The maximum absolute atomic E-state index is 13.1. The first-order valence-electron chi connectivity index (χ1n) is 5.24. The van der Waals surface area contributed by atoms with Crippen LogP contribution in [0.1, 0.15) is 19.4 Å². The van der Waals surface area contributed by atoms with E-state index in [0.29, 0.717) is 11.1 Å². The van der Waals surface area contributed by atoms with E-state index >= 15 is 0 Å². The number of carbonyl (C=O) groups is 1. The van der Waals surface area contributed by atoms with Crippen LogP contribution in [0.15, 0.2) is 28.2 Å². The van der Waals surface area contributed by atoms with Crippen LogP contribution in [-0.4, -0.2) is 12.6 Å². The first kappa shape index (κ1) is 14.4. The third-order valence-corrected chi connectivity index (χ3v) is 2.93. The molecule has 0 saturated carbocycles. The molecule has 0 amide bonds. The lowest BCUT2D eigenvalue weighted by Crippen LogP contribution is -2.08. The Morgan fingerprint density at radius 2 is 2.22 bits per heavy atom. The quantitative estimate of drug-likeness (QED) is 0.488. The molecule has 0 radical (unpaired) electrons. The number of benzene rings is 1. The van der Waals surface area contributed by atoms with E-state index in [1.165, 1.54) is 18.2 Å². The summed E-state index contributed by atoms with van der Waals surface area (Å²) in [6.07, 6.45) is 0. The number of hydrogen-bond donors (Lipinski definition) is 0. The fourth-order valence-electron chi connectivity index (χ4n) is 1.36. The van der Waals surface area contributed by atoms with E-state index in [4.69, 9.17) is 10.00 Å². The SMILES string of the molecule is CCOC(=O)C(C#N)=C(C)c1ccc(F)c(Br)c1. The average molecular weight is 312 g/mol. The summed E-state index contributed by atoms with van der Waals surface area (Å²) >= 11 is 3.06. The summed E-state index contributed by atoms with van der Waals surface area (Å²) in [5.74, 6) is -1.07. The van der Waals surface area contributed by atoms with Crippen molar-refractivity contribution in [3.05, 3.63) is 39.6 Å². The number of halogens is 2. The van der Waals surface area contributed by atoms with Gasteiger partial charge in [-0.25, -0.2) is 9.18 Å². The Balaban J connectivity index is 3.23. The lowest BCUT2D eigenvalue weighted by molar-refractivity contribution is -0.137. The number of nitrogens with zero attached hydrogens (tertiary/aromatic N) is 1. The van der Waals surface area contributed by atoms with Gasteiger partial charge in [0.15, 0.2) is 0 Å². The molecule has 1 aromatic carbocycles. The fourth-order valence-corrected chi connectivity index (χ4v) is 1.74. The van der Waals surface area contributed by atoms with Crippen LogP contribution in [0, 0.1) is 17.1 Å². The predicted molar refractivity (Wildman–Crippen MR) is 68.9 cm³/mol. The van der Waals surface area contributed by atoms with Crippen molar-refractivity contribution in [2.45, 2.75) is 13.8 Å². The summed E-state index contributed by atoms with van der Waals surface area (Å²) in [5, 5.41) is 8.98. The molecule has 0 aromatic heterocycles. The lowest BCUT2D eigenvalue weighted by Gasteiger charge is -2.06. The van der Waals surface area contributed by atoms with Gasteiger partial charge in [-0.2, -0.15) is 5.26 Å². The highest BCUT2D eigenvalue weighted by Crippen LogP contribution is 2.24. The number of hydrogen-bond acceptors (Lipinski definition) is 3. The van der Waals surface area contributed by atoms with Crippen LogP contribution >= 0.6 is 15.9 Å². The summed E-state index contributed by atoms with van der Waals surface area (Å²) in [6.45, 7) is 3.48. The second-order valence-electron chi connectivity index (χ2n) is 3.46. The van der Waals surface area contributed by atoms with E-state index in [-0.39, 0.29) is 16.7 Å². The molecule has 0 saturated heterocycles. The smallest absolute Gasteiger partial charge is 0.349 e. The molecule has 0 aliphatic rings. The molecule has 0 unspecified atom stereocenters. The van der Waals surface area contributed by atoms with E-state index in [1.54, 1.807) is 13.8 Å². The molecule has 1 rings (SSSR count). The predicted octanol–water partition coefficient (Wildman–Crippen LogP) is 3.45. The third-order valence-electron chi connectivity index (χ3n) is 2.32. The molecule has 0 heterocycles. The van der Waals surface area contributed by atoms with Crippen LogP contribution in [0.25, 0.3) is 5.57 Å². The maximum atomic E-state index is 13.1. The standard InChI is InChI=1S/C13H11BrFNO2/c1-3-18-13(17)10(7-16)8(2)9-4-5-12(15)11(14)6-9/h4-6H,3H2,1-2H3. The van der Waals surface area contributed by atoms with Crippen molar-refractivity contribution in [2.24, 2.45) is 0 Å². The molecule has 0 atom stereocenters. The van der Waals surface area contributed by atoms with Crippen LogP contribution < -0.4 is 0 Å². The number of allylic oxidation sites excluding steroid dienone is 1. The summed E-state index contributed by atoms with van der Waals surface area (Å²) in [6, 6.07) is 6.10. The van der Waals surface area contributed by atoms with Gasteiger partial charge in [0.2, 0.25) is 0 Å². The van der Waals surface area contributed by atoms with Crippen LogP contribution in [-0.2, 0) is 9.53 Å². The highest BCUT2D eigenvalue weighted by atomic mass is 79.9. The molecule has 3 nitrogen and oxygen atoms in total. The molecule has 0 aliphatic heterocycles. The zero-order valence-corrected chi connectivity index (χ0v) is 11.5. The molecule has 0 aliphatic carbocycles. The Kier molecular flexibility index (Phi) is 5.05. The van der Waals surface area contributed by atoms with Gasteiger partial charge in [0.1, 0.15) is 17.5 Å². The molecule has 94 valence electrons. The molecule has 5 heteroatoms. The summed E-state index contributed by atoms with van der Waals surface area (Å²) < 4.78 is 18.2. The maximum Gasteiger partial charge on any atom is 0.349 e. The van der Waals surface area contributed by atoms with Crippen LogP contribution in [0.2, 0.25) is 0 Å². The number of esters is 1. The highest BCUT2D eigenvalue weighted by Gasteiger charge is 2.15. The number of nitriles is 1. The molecule has 0 fully saturated rings. The Morgan fingerprint density at radius 3 is 2.72 bits per heavy atom. The van der Waals surface area contributed by atoms with E-state index < -0.39 is 11.8 Å². The van der Waals surface area contributed by atoms with Crippen molar-refractivity contribution >= 4 is 27.5 Å². The Bertz CT molecular complexity index is 546. The number of rotatable bonds is 3. The largest absolute Gasteiger partial charge is 0.462 e. The minimum atomic E-state index is -0.669. The molecule has 18 heavy (non-hydrogen) atoms. The molecular weight excluding hydrogens is 301 g/mol. The third kappa shape index (κ3) is 3.17. The summed E-state index contributed by atoms with van der Waals surface area (Å²) in [4.78, 5) is 11.6. The van der Waals surface area contributed by atoms with Gasteiger partial charge in [-0.05, 0) is 53.0 Å².